The van der Waals surface area contributed by atoms with E-state index >= 15 is 0 Å². The summed E-state index contributed by atoms with van der Waals surface area (Å²) in [6.45, 7) is 17.5. The molecule has 8 aromatic rings. The predicted molar refractivity (Wildman–Crippen MR) is 284 cm³/mol. The third kappa shape index (κ3) is 10.8. The number of halogens is 1. The number of ether oxygens (including phenoxy) is 2. The normalized spacial score (nSPS) is 16.6. The first-order chi connectivity index (χ1) is 33.2. The molecule has 70 heavy (non-hydrogen) atoms. The molecule has 0 amide bonds. The predicted octanol–water partition coefficient (Wildman–Crippen LogP) is 8.50. The molecule has 4 aromatic carbocycles. The van der Waals surface area contributed by atoms with Crippen molar-refractivity contribution >= 4 is 90.4 Å². The number of aromatic nitrogens is 8. The van der Waals surface area contributed by atoms with E-state index < -0.39 is 0 Å². The molecule has 0 radical (unpaired) electrons. The summed E-state index contributed by atoms with van der Waals surface area (Å²) in [5, 5.41) is 34.3. The summed E-state index contributed by atoms with van der Waals surface area (Å²) in [6, 6.07) is 25.0. The van der Waals surface area contributed by atoms with Gasteiger partial charge >= 0.3 is 7.12 Å². The van der Waals surface area contributed by atoms with E-state index in [1.807, 2.05) is 44.5 Å². The van der Waals surface area contributed by atoms with E-state index in [-0.39, 0.29) is 42.4 Å². The van der Waals surface area contributed by atoms with Gasteiger partial charge in [-0.25, -0.2) is 29.3 Å². The first kappa shape index (κ1) is 49.3. The topological polar surface area (TPSA) is 217 Å². The molecule has 1 aliphatic heterocycles. The van der Waals surface area contributed by atoms with Crippen LogP contribution < -0.4 is 26.4 Å². The maximum atomic E-state index is 9.70. The average Bonchev–Trinajstić information content (AvgIpc) is 4.25. The van der Waals surface area contributed by atoms with Gasteiger partial charge in [-0.3, -0.25) is 0 Å². The zero-order valence-corrected chi connectivity index (χ0v) is 43.3. The van der Waals surface area contributed by atoms with Gasteiger partial charge in [0.2, 0.25) is 0 Å². The van der Waals surface area contributed by atoms with Crippen LogP contribution in [-0.4, -0.2) is 93.5 Å². The monoisotopic (exact) mass is 1060 g/mol. The van der Waals surface area contributed by atoms with Gasteiger partial charge in [0, 0.05) is 29.6 Å². The Labute approximate surface area is 421 Å². The van der Waals surface area contributed by atoms with Crippen LogP contribution in [0.3, 0.4) is 0 Å². The Morgan fingerprint density at radius 3 is 1.63 bits per heavy atom. The van der Waals surface area contributed by atoms with Crippen molar-refractivity contribution in [3.8, 4) is 22.8 Å². The minimum absolute atomic E-state index is 0.0471. The van der Waals surface area contributed by atoms with Crippen molar-refractivity contribution in [1.29, 1.82) is 0 Å². The van der Waals surface area contributed by atoms with Gasteiger partial charge in [-0.1, -0.05) is 70.2 Å². The van der Waals surface area contributed by atoms with Gasteiger partial charge in [0.1, 0.15) is 45.2 Å². The fourth-order valence-corrected chi connectivity index (χ4v) is 8.77. The fourth-order valence-electron chi connectivity index (χ4n) is 7.99. The lowest BCUT2D eigenvalue weighted by Gasteiger charge is -2.32. The Balaban J connectivity index is 0.000000136. The number of anilines is 2. The van der Waals surface area contributed by atoms with Gasteiger partial charge in [-0.2, -0.15) is 10.2 Å². The largest absolute Gasteiger partial charge is 0.494 e. The highest BCUT2D eigenvalue weighted by molar-refractivity contribution is 14.1. The molecule has 0 atom stereocenters. The Morgan fingerprint density at radius 2 is 1.10 bits per heavy atom. The van der Waals surface area contributed by atoms with Crippen molar-refractivity contribution in [2.75, 3.05) is 24.7 Å². The third-order valence-electron chi connectivity index (χ3n) is 13.2. The van der Waals surface area contributed by atoms with Gasteiger partial charge in [0.05, 0.1) is 47.3 Å². The van der Waals surface area contributed by atoms with Crippen molar-refractivity contribution in [1.82, 2.24) is 39.5 Å². The van der Waals surface area contributed by atoms with Gasteiger partial charge in [-0.05, 0) is 133 Å². The van der Waals surface area contributed by atoms with Crippen LogP contribution in [0.2, 0.25) is 0 Å². The van der Waals surface area contributed by atoms with Crippen LogP contribution in [0.4, 0.5) is 11.6 Å². The molecular weight excluding hydrogens is 998 g/mol. The molecule has 4 aromatic heterocycles. The van der Waals surface area contributed by atoms with Gasteiger partial charge in [0.25, 0.3) is 0 Å². The molecule has 11 rings (SSSR count). The van der Waals surface area contributed by atoms with Crippen LogP contribution in [0.5, 0.6) is 11.5 Å². The molecule has 2 saturated carbocycles. The van der Waals surface area contributed by atoms with E-state index in [2.05, 4.69) is 136 Å². The number of hydrogen-bond donors (Lipinski definition) is 4. The molecule has 6 N–H and O–H groups in total. The van der Waals surface area contributed by atoms with Gasteiger partial charge in [-0.15, -0.1) is 0 Å². The number of nitrogens with two attached hydrogens (primary N) is 2. The fraction of sp³-hybridized carbons (Fsp3) is 0.423. The molecule has 5 heterocycles. The number of fused-ring (bicyclic) bond motifs is 4. The molecule has 1 saturated heterocycles. The highest BCUT2D eigenvalue weighted by Gasteiger charge is 2.51. The maximum absolute atomic E-state index is 9.70. The number of nitrogen functional groups attached to an aromatic ring is 2. The first-order valence-corrected chi connectivity index (χ1v) is 24.9. The molecular formula is C52H62BIN10O6. The van der Waals surface area contributed by atoms with E-state index in [4.69, 9.17) is 35.3 Å². The molecule has 0 bridgehead atoms. The SMILES string of the molecule is CC(C)(CO)Cn1nc(-c2ccc3cc(OC4CC4)ccc3c2)c2c(N)ncnc21.CC(C)(CO)Cn1nc(I)c2c(N)ncnc21.CC1(C)OB(c2ccc3cc(OC4CC4)ccc3c2)OC1(C)C. The number of benzene rings is 4. The van der Waals surface area contributed by atoms with Crippen molar-refractivity contribution in [2.45, 2.75) is 118 Å². The second kappa shape index (κ2) is 19.2. The standard InChI is InChI=1S/C23H25N5O2.C19H23BO3.C10H14IN5O/c1-23(2,12-29)11-28-22-19(21(24)25-13-26-22)20(27-28)16-4-3-15-10-18(30-17-7-8-17)6-5-14(15)9-16;1-18(2)19(3,4)23-20(22-18)15-7-5-14-12-17(21-16-9-10-16)8-6-13(14)11-15;1-10(2,4-17)3-16-9-6(7(11)15-16)8(12)13-5-14-9/h3-6,9-10,13,17,29H,7-8,11-12H2,1-2H3,(H2,24,25,26);5-8,11-12,16H,9-10H2,1-4H3;5,17H,3-4H2,1-2H3,(H2,12,13,14). The van der Waals surface area contributed by atoms with E-state index in [0.29, 0.717) is 48.2 Å². The number of aliphatic hydroxyl groups is 2. The summed E-state index contributed by atoms with van der Waals surface area (Å²) >= 11 is 2.11. The summed E-state index contributed by atoms with van der Waals surface area (Å²) in [5.41, 5.74) is 15.0. The molecule has 3 fully saturated rings. The van der Waals surface area contributed by atoms with Crippen molar-refractivity contribution < 1.29 is 29.0 Å². The summed E-state index contributed by atoms with van der Waals surface area (Å²) in [7, 11) is -0.313. The van der Waals surface area contributed by atoms with Crippen LogP contribution in [0.1, 0.15) is 81.1 Å². The first-order valence-electron chi connectivity index (χ1n) is 23.8. The summed E-state index contributed by atoms with van der Waals surface area (Å²) in [6.07, 6.45) is 8.33. The van der Waals surface area contributed by atoms with Gasteiger partial charge < -0.3 is 40.5 Å². The molecule has 366 valence electrons. The third-order valence-corrected chi connectivity index (χ3v) is 13.9. The summed E-state index contributed by atoms with van der Waals surface area (Å²) < 4.78 is 28.4. The number of hydrogen-bond acceptors (Lipinski definition) is 14. The van der Waals surface area contributed by atoms with Crippen molar-refractivity contribution in [3.63, 3.8) is 0 Å². The molecule has 18 heteroatoms. The molecule has 0 spiro atoms. The lowest BCUT2D eigenvalue weighted by atomic mass is 9.78. The molecule has 3 aliphatic rings. The highest BCUT2D eigenvalue weighted by atomic mass is 127. The Bertz CT molecular complexity index is 3190. The zero-order chi connectivity index (χ0) is 49.8. The second-order valence-corrected chi connectivity index (χ2v) is 22.3. The van der Waals surface area contributed by atoms with Crippen LogP contribution in [0.15, 0.2) is 85.5 Å². The smallest absolute Gasteiger partial charge is 0.490 e. The van der Waals surface area contributed by atoms with E-state index in [1.165, 1.54) is 36.3 Å². The maximum Gasteiger partial charge on any atom is 0.494 e. The number of aliphatic hydroxyl groups excluding tert-OH is 2. The van der Waals surface area contributed by atoms with E-state index in [9.17, 15) is 10.2 Å². The van der Waals surface area contributed by atoms with Crippen molar-refractivity contribution in [2.24, 2.45) is 10.8 Å². The van der Waals surface area contributed by atoms with Crippen LogP contribution in [0, 0.1) is 14.5 Å². The highest BCUT2D eigenvalue weighted by Crippen LogP contribution is 2.38. The molecule has 16 nitrogen and oxygen atoms in total. The molecule has 2 aliphatic carbocycles. The van der Waals surface area contributed by atoms with Crippen LogP contribution in [0.25, 0.3) is 54.9 Å². The van der Waals surface area contributed by atoms with Crippen LogP contribution in [-0.2, 0) is 22.4 Å². The average molecular weight is 1060 g/mol. The zero-order valence-electron chi connectivity index (χ0n) is 41.1. The Morgan fingerprint density at radius 1 is 0.643 bits per heavy atom. The Kier molecular flexibility index (Phi) is 13.5. The lowest BCUT2D eigenvalue weighted by Crippen LogP contribution is -2.41. The summed E-state index contributed by atoms with van der Waals surface area (Å²) in [4.78, 5) is 16.8. The minimum atomic E-state index is -0.336. The summed E-state index contributed by atoms with van der Waals surface area (Å²) in [5.74, 6) is 2.71. The number of nitrogens with zero attached hydrogens (tertiary/aromatic N) is 8. The van der Waals surface area contributed by atoms with E-state index in [0.717, 1.165) is 66.3 Å². The Hall–Kier alpha value is -5.67. The lowest BCUT2D eigenvalue weighted by molar-refractivity contribution is 0.00578. The van der Waals surface area contributed by atoms with Crippen molar-refractivity contribution in [3.05, 3.63) is 89.2 Å². The second-order valence-electron chi connectivity index (χ2n) is 21.2. The quantitative estimate of drug-likeness (QED) is 0.0667. The van der Waals surface area contributed by atoms with Gasteiger partial charge in [0.15, 0.2) is 11.3 Å². The molecule has 0 unspecified atom stereocenters. The van der Waals surface area contributed by atoms with Crippen LogP contribution >= 0.6 is 22.6 Å². The minimum Gasteiger partial charge on any atom is -0.490 e. The number of rotatable bonds is 12. The van der Waals surface area contributed by atoms with E-state index in [1.54, 1.807) is 4.68 Å².